The minimum atomic E-state index is -2.64. The number of nitrogens with zero attached hydrogens (tertiary/aromatic N) is 4. The molecule has 2 heterocycles. The van der Waals surface area contributed by atoms with Crippen molar-refractivity contribution in [3.8, 4) is 11.4 Å². The lowest BCUT2D eigenvalue weighted by atomic mass is 10.0. The van der Waals surface area contributed by atoms with E-state index in [0.29, 0.717) is 49.5 Å². The zero-order chi connectivity index (χ0) is 24.4. The van der Waals surface area contributed by atoms with Gasteiger partial charge in [0.2, 0.25) is 0 Å². The van der Waals surface area contributed by atoms with E-state index in [-0.39, 0.29) is 23.2 Å². The predicted octanol–water partition coefficient (Wildman–Crippen LogP) is 4.60. The summed E-state index contributed by atoms with van der Waals surface area (Å²) < 4.78 is 27.4. The maximum atomic E-state index is 13.7. The monoisotopic (exact) mass is 468 g/mol. The summed E-state index contributed by atoms with van der Waals surface area (Å²) in [5.74, 6) is 0.905. The molecule has 0 radical (unpaired) electrons. The van der Waals surface area contributed by atoms with Crippen molar-refractivity contribution in [3.05, 3.63) is 53.6 Å². The van der Waals surface area contributed by atoms with Crippen LogP contribution in [0.4, 0.5) is 14.6 Å². The highest BCUT2D eigenvalue weighted by Crippen LogP contribution is 2.33. The largest absolute Gasteiger partial charge is 0.383 e. The fraction of sp³-hybridized carbons (Fsp3) is 0.423. The maximum Gasteiger partial charge on any atom is 0.264 e. The summed E-state index contributed by atoms with van der Waals surface area (Å²) in [4.78, 5) is 25.7. The summed E-state index contributed by atoms with van der Waals surface area (Å²) in [6.45, 7) is 7.86. The topological polar surface area (TPSA) is 69.6 Å². The van der Waals surface area contributed by atoms with Gasteiger partial charge in [-0.1, -0.05) is 44.2 Å². The third kappa shape index (κ3) is 5.01. The molecule has 1 atom stereocenters. The van der Waals surface area contributed by atoms with Crippen LogP contribution in [0.15, 0.2) is 42.5 Å². The molecule has 6 nitrogen and oxygen atoms in total. The van der Waals surface area contributed by atoms with Crippen molar-refractivity contribution >= 4 is 22.6 Å². The van der Waals surface area contributed by atoms with E-state index in [1.807, 2.05) is 39.0 Å². The Balaban J connectivity index is 1.66. The average molecular weight is 469 g/mol. The highest BCUT2D eigenvalue weighted by atomic mass is 19.3. The first kappa shape index (κ1) is 24.0. The summed E-state index contributed by atoms with van der Waals surface area (Å²) in [7, 11) is 0. The quantitative estimate of drug-likeness (QED) is 0.573. The number of aliphatic hydroxyl groups is 1. The molecule has 1 fully saturated rings. The van der Waals surface area contributed by atoms with Gasteiger partial charge < -0.3 is 14.9 Å². The fourth-order valence-electron chi connectivity index (χ4n) is 4.37. The van der Waals surface area contributed by atoms with Crippen LogP contribution in [0.3, 0.4) is 0 Å². The van der Waals surface area contributed by atoms with Crippen molar-refractivity contribution in [1.82, 2.24) is 14.9 Å². The van der Waals surface area contributed by atoms with E-state index in [2.05, 4.69) is 9.88 Å². The fourth-order valence-corrected chi connectivity index (χ4v) is 4.37. The van der Waals surface area contributed by atoms with E-state index in [9.17, 15) is 18.7 Å². The van der Waals surface area contributed by atoms with Gasteiger partial charge in [-0.2, -0.15) is 0 Å². The number of benzene rings is 2. The third-order valence-corrected chi connectivity index (χ3v) is 6.14. The van der Waals surface area contributed by atoms with Gasteiger partial charge in [0, 0.05) is 42.7 Å². The lowest BCUT2D eigenvalue weighted by Gasteiger charge is -2.37. The molecular formula is C26H30F2N4O2. The number of alkyl halides is 2. The van der Waals surface area contributed by atoms with Crippen LogP contribution in [0.1, 0.15) is 37.8 Å². The summed E-state index contributed by atoms with van der Waals surface area (Å²) in [6, 6.07) is 12.2. The Kier molecular flexibility index (Phi) is 7.07. The highest BCUT2D eigenvalue weighted by Gasteiger charge is 2.28. The van der Waals surface area contributed by atoms with Gasteiger partial charge in [-0.15, -0.1) is 0 Å². The number of carbonyl (C=O) groups excluding carboxylic acids is 1. The molecule has 4 rings (SSSR count). The predicted molar refractivity (Wildman–Crippen MR) is 129 cm³/mol. The molecular weight excluding hydrogens is 438 g/mol. The van der Waals surface area contributed by atoms with Gasteiger partial charge in [0.15, 0.2) is 5.82 Å². The third-order valence-electron chi connectivity index (χ3n) is 6.14. The standard InChI is InChI=1S/C26H30F2N4O2/c1-16(2)14-22(33)26(34)32-12-10-31(11-13-32)25-20-9-8-17(3)15-21(20)29-24(30-25)19-7-5-4-6-18(19)23(27)28/h4-9,15-16,22-23,33H,10-14H2,1-3H3/t22-/m1/s1. The lowest BCUT2D eigenvalue weighted by molar-refractivity contribution is -0.141. The van der Waals surface area contributed by atoms with E-state index in [0.717, 1.165) is 10.9 Å². The molecule has 3 aromatic rings. The summed E-state index contributed by atoms with van der Waals surface area (Å²) in [5, 5.41) is 11.1. The molecule has 1 amide bonds. The van der Waals surface area contributed by atoms with E-state index < -0.39 is 12.5 Å². The summed E-state index contributed by atoms with van der Waals surface area (Å²) >= 11 is 0. The molecule has 1 aliphatic heterocycles. The second-order valence-corrected chi connectivity index (χ2v) is 9.24. The molecule has 0 spiro atoms. The lowest BCUT2D eigenvalue weighted by Crippen LogP contribution is -2.52. The number of aryl methyl sites for hydroxylation is 1. The number of piperazine rings is 1. The number of anilines is 1. The van der Waals surface area contributed by atoms with Gasteiger partial charge in [0.05, 0.1) is 5.52 Å². The van der Waals surface area contributed by atoms with Gasteiger partial charge >= 0.3 is 0 Å². The molecule has 0 aliphatic carbocycles. The molecule has 0 bridgehead atoms. The number of amides is 1. The smallest absolute Gasteiger partial charge is 0.264 e. The molecule has 1 aliphatic rings. The number of fused-ring (bicyclic) bond motifs is 1. The van der Waals surface area contributed by atoms with Gasteiger partial charge in [0.1, 0.15) is 11.9 Å². The summed E-state index contributed by atoms with van der Waals surface area (Å²) in [5.41, 5.74) is 1.91. The zero-order valence-electron chi connectivity index (χ0n) is 19.7. The minimum absolute atomic E-state index is 0.102. The Morgan fingerprint density at radius 1 is 1.06 bits per heavy atom. The summed E-state index contributed by atoms with van der Waals surface area (Å²) in [6.07, 6.45) is -3.20. The number of hydrogen-bond donors (Lipinski definition) is 1. The van der Waals surface area contributed by atoms with E-state index in [4.69, 9.17) is 4.98 Å². The first-order valence-corrected chi connectivity index (χ1v) is 11.6. The van der Waals surface area contributed by atoms with E-state index in [1.54, 1.807) is 23.1 Å². The Labute approximate surface area is 198 Å². The minimum Gasteiger partial charge on any atom is -0.383 e. The van der Waals surface area contributed by atoms with Crippen LogP contribution in [0, 0.1) is 12.8 Å². The van der Waals surface area contributed by atoms with Crippen LogP contribution in [-0.4, -0.2) is 58.2 Å². The number of hydrogen-bond acceptors (Lipinski definition) is 5. The van der Waals surface area contributed by atoms with Gasteiger partial charge in [-0.3, -0.25) is 4.79 Å². The van der Waals surface area contributed by atoms with Crippen LogP contribution in [-0.2, 0) is 4.79 Å². The van der Waals surface area contributed by atoms with Crippen molar-refractivity contribution in [2.24, 2.45) is 5.92 Å². The maximum absolute atomic E-state index is 13.7. The first-order valence-electron chi connectivity index (χ1n) is 11.6. The Morgan fingerprint density at radius 3 is 2.44 bits per heavy atom. The Hall–Kier alpha value is -3.13. The van der Waals surface area contributed by atoms with E-state index >= 15 is 0 Å². The molecule has 1 aromatic heterocycles. The van der Waals surface area contributed by atoms with Crippen LogP contribution in [0.5, 0.6) is 0 Å². The first-order chi connectivity index (χ1) is 16.2. The number of rotatable bonds is 6. The van der Waals surface area contributed by atoms with Gasteiger partial charge in [-0.25, -0.2) is 18.7 Å². The van der Waals surface area contributed by atoms with E-state index in [1.165, 1.54) is 6.07 Å². The van der Waals surface area contributed by atoms with Crippen molar-refractivity contribution < 1.29 is 18.7 Å². The zero-order valence-corrected chi connectivity index (χ0v) is 19.7. The number of aliphatic hydroxyl groups excluding tert-OH is 1. The van der Waals surface area contributed by atoms with Crippen LogP contribution < -0.4 is 4.90 Å². The number of carbonyl (C=O) groups is 1. The molecule has 0 unspecified atom stereocenters. The second kappa shape index (κ2) is 10.0. The van der Waals surface area contributed by atoms with Gasteiger partial charge in [-0.05, 0) is 37.0 Å². The second-order valence-electron chi connectivity index (χ2n) is 9.24. The van der Waals surface area contributed by atoms with Crippen molar-refractivity contribution in [1.29, 1.82) is 0 Å². The molecule has 0 saturated carbocycles. The van der Waals surface area contributed by atoms with Gasteiger partial charge in [0.25, 0.3) is 12.3 Å². The number of halogens is 2. The van der Waals surface area contributed by atoms with Crippen molar-refractivity contribution in [3.63, 3.8) is 0 Å². The molecule has 1 saturated heterocycles. The average Bonchev–Trinajstić information content (AvgIpc) is 2.82. The van der Waals surface area contributed by atoms with Crippen LogP contribution in [0.25, 0.3) is 22.3 Å². The van der Waals surface area contributed by atoms with Crippen LogP contribution in [0.2, 0.25) is 0 Å². The van der Waals surface area contributed by atoms with Crippen molar-refractivity contribution in [2.75, 3.05) is 31.1 Å². The molecule has 180 valence electrons. The molecule has 34 heavy (non-hydrogen) atoms. The Morgan fingerprint density at radius 2 is 1.76 bits per heavy atom. The molecule has 2 aromatic carbocycles. The highest BCUT2D eigenvalue weighted by molar-refractivity contribution is 5.92. The normalized spacial score (nSPS) is 15.4. The Bertz CT molecular complexity index is 1180. The SMILES string of the molecule is Cc1ccc2c(N3CCN(C(=O)[C@H](O)CC(C)C)CC3)nc(-c3ccccc3C(F)F)nc2c1. The molecule has 1 N–H and O–H groups in total. The van der Waals surface area contributed by atoms with Crippen molar-refractivity contribution in [2.45, 2.75) is 39.7 Å². The number of aromatic nitrogens is 2. The van der Waals surface area contributed by atoms with Crippen LogP contribution >= 0.6 is 0 Å². The molecule has 8 heteroatoms.